The highest BCUT2D eigenvalue weighted by molar-refractivity contribution is 5.14. The lowest BCUT2D eigenvalue weighted by atomic mass is 10.1. The Labute approximate surface area is 100 Å². The maximum atomic E-state index is 3.50. The van der Waals surface area contributed by atoms with Gasteiger partial charge in [-0.1, -0.05) is 44.2 Å². The first-order chi connectivity index (χ1) is 7.79. The van der Waals surface area contributed by atoms with Gasteiger partial charge in [-0.05, 0) is 50.3 Å². The van der Waals surface area contributed by atoms with E-state index in [1.54, 1.807) is 0 Å². The van der Waals surface area contributed by atoms with Crippen LogP contribution in [0.15, 0.2) is 30.3 Å². The quantitative estimate of drug-likeness (QED) is 0.658. The summed E-state index contributed by atoms with van der Waals surface area (Å²) in [7, 11) is 0. The fourth-order valence-electron chi connectivity index (χ4n) is 1.74. The van der Waals surface area contributed by atoms with Gasteiger partial charge in [0.25, 0.3) is 0 Å². The molecule has 1 rings (SSSR count). The highest BCUT2D eigenvalue weighted by Gasteiger charge is 1.94. The van der Waals surface area contributed by atoms with Gasteiger partial charge in [-0.3, -0.25) is 0 Å². The van der Waals surface area contributed by atoms with Crippen molar-refractivity contribution >= 4 is 0 Å². The maximum absolute atomic E-state index is 3.50. The van der Waals surface area contributed by atoms with Gasteiger partial charge in [0.05, 0.1) is 0 Å². The van der Waals surface area contributed by atoms with E-state index in [0.717, 1.165) is 5.92 Å². The third kappa shape index (κ3) is 6.62. The molecule has 0 bridgehead atoms. The van der Waals surface area contributed by atoms with E-state index in [0.29, 0.717) is 0 Å². The summed E-state index contributed by atoms with van der Waals surface area (Å²) in [5.74, 6) is 0.816. The van der Waals surface area contributed by atoms with E-state index in [-0.39, 0.29) is 0 Å². The van der Waals surface area contributed by atoms with Gasteiger partial charge in [0, 0.05) is 0 Å². The molecular formula is C15H25N. The molecular weight excluding hydrogens is 194 g/mol. The molecule has 1 aromatic rings. The van der Waals surface area contributed by atoms with E-state index in [1.807, 2.05) is 0 Å². The fourth-order valence-corrected chi connectivity index (χ4v) is 1.74. The molecule has 0 aromatic heterocycles. The second kappa shape index (κ2) is 8.35. The molecule has 0 saturated carbocycles. The molecule has 0 amide bonds. The zero-order valence-electron chi connectivity index (χ0n) is 10.7. The van der Waals surface area contributed by atoms with Crippen LogP contribution >= 0.6 is 0 Å². The lowest BCUT2D eigenvalue weighted by Crippen LogP contribution is -2.18. The van der Waals surface area contributed by atoms with Crippen LogP contribution in [0.4, 0.5) is 0 Å². The molecule has 0 aliphatic heterocycles. The van der Waals surface area contributed by atoms with Crippen molar-refractivity contribution in [2.24, 2.45) is 5.92 Å². The predicted molar refractivity (Wildman–Crippen MR) is 71.7 cm³/mol. The summed E-state index contributed by atoms with van der Waals surface area (Å²) in [6, 6.07) is 10.8. The van der Waals surface area contributed by atoms with Crippen molar-refractivity contribution in [3.63, 3.8) is 0 Å². The van der Waals surface area contributed by atoms with Gasteiger partial charge in [0.15, 0.2) is 0 Å². The van der Waals surface area contributed by atoms with Crippen LogP contribution in [0, 0.1) is 5.92 Å². The summed E-state index contributed by atoms with van der Waals surface area (Å²) >= 11 is 0. The van der Waals surface area contributed by atoms with E-state index in [9.17, 15) is 0 Å². The maximum Gasteiger partial charge on any atom is -0.00465 e. The van der Waals surface area contributed by atoms with Gasteiger partial charge < -0.3 is 5.32 Å². The summed E-state index contributed by atoms with van der Waals surface area (Å²) < 4.78 is 0. The van der Waals surface area contributed by atoms with Crippen LogP contribution in [-0.4, -0.2) is 13.1 Å². The minimum atomic E-state index is 0.816. The number of rotatable bonds is 8. The summed E-state index contributed by atoms with van der Waals surface area (Å²) in [4.78, 5) is 0. The van der Waals surface area contributed by atoms with Gasteiger partial charge in [0.2, 0.25) is 0 Å². The van der Waals surface area contributed by atoms with Crippen LogP contribution in [0.3, 0.4) is 0 Å². The molecule has 1 nitrogen and oxygen atoms in total. The van der Waals surface area contributed by atoms with Crippen molar-refractivity contribution in [1.82, 2.24) is 5.32 Å². The summed E-state index contributed by atoms with van der Waals surface area (Å²) in [5.41, 5.74) is 1.46. The largest absolute Gasteiger partial charge is 0.317 e. The monoisotopic (exact) mass is 219 g/mol. The molecule has 1 N–H and O–H groups in total. The Morgan fingerprint density at radius 2 is 1.75 bits per heavy atom. The van der Waals surface area contributed by atoms with Crippen LogP contribution in [0.5, 0.6) is 0 Å². The Hall–Kier alpha value is -0.820. The van der Waals surface area contributed by atoms with Gasteiger partial charge in [-0.25, -0.2) is 0 Å². The van der Waals surface area contributed by atoms with Crippen molar-refractivity contribution in [1.29, 1.82) is 0 Å². The van der Waals surface area contributed by atoms with E-state index < -0.39 is 0 Å². The van der Waals surface area contributed by atoms with Crippen molar-refractivity contribution in [2.45, 2.75) is 39.5 Å². The topological polar surface area (TPSA) is 12.0 Å². The Morgan fingerprint density at radius 1 is 1.00 bits per heavy atom. The van der Waals surface area contributed by atoms with Crippen LogP contribution in [-0.2, 0) is 6.42 Å². The molecule has 0 aliphatic rings. The second-order valence-electron chi connectivity index (χ2n) is 4.88. The fraction of sp³-hybridized carbons (Fsp3) is 0.600. The molecule has 0 aliphatic carbocycles. The minimum Gasteiger partial charge on any atom is -0.317 e. The van der Waals surface area contributed by atoms with Crippen LogP contribution in [0.2, 0.25) is 0 Å². The number of nitrogens with one attached hydrogen (secondary N) is 1. The average Bonchev–Trinajstić information content (AvgIpc) is 2.29. The van der Waals surface area contributed by atoms with Gasteiger partial charge >= 0.3 is 0 Å². The molecule has 0 saturated heterocycles. The molecule has 0 atom stereocenters. The molecule has 0 heterocycles. The lowest BCUT2D eigenvalue weighted by Gasteiger charge is -2.06. The average molecular weight is 219 g/mol. The second-order valence-corrected chi connectivity index (χ2v) is 4.88. The smallest absolute Gasteiger partial charge is 0.00465 e. The molecule has 90 valence electrons. The Kier molecular flexibility index (Phi) is 6.91. The predicted octanol–water partition coefficient (Wildman–Crippen LogP) is 3.65. The van der Waals surface area contributed by atoms with Crippen molar-refractivity contribution < 1.29 is 0 Å². The number of benzene rings is 1. The molecule has 0 unspecified atom stereocenters. The highest BCUT2D eigenvalue weighted by Crippen LogP contribution is 2.03. The SMILES string of the molecule is CC(C)CCNCCCCc1ccccc1. The zero-order valence-corrected chi connectivity index (χ0v) is 10.7. The summed E-state index contributed by atoms with van der Waals surface area (Å²) in [5, 5.41) is 3.50. The first-order valence-corrected chi connectivity index (χ1v) is 6.53. The van der Waals surface area contributed by atoms with E-state index in [1.165, 1.54) is 44.3 Å². The number of hydrogen-bond donors (Lipinski definition) is 1. The van der Waals surface area contributed by atoms with Crippen molar-refractivity contribution in [3.05, 3.63) is 35.9 Å². The van der Waals surface area contributed by atoms with E-state index in [2.05, 4.69) is 49.5 Å². The molecule has 0 radical (unpaired) electrons. The van der Waals surface area contributed by atoms with E-state index >= 15 is 0 Å². The molecule has 1 heteroatoms. The molecule has 0 spiro atoms. The van der Waals surface area contributed by atoms with Gasteiger partial charge in [-0.2, -0.15) is 0 Å². The van der Waals surface area contributed by atoms with Gasteiger partial charge in [0.1, 0.15) is 0 Å². The highest BCUT2D eigenvalue weighted by atomic mass is 14.8. The molecule has 0 fully saturated rings. The standard InChI is InChI=1S/C15H25N/c1-14(2)11-13-16-12-7-6-10-15-8-4-3-5-9-15/h3-5,8-9,14,16H,6-7,10-13H2,1-2H3. The van der Waals surface area contributed by atoms with Crippen molar-refractivity contribution in [2.75, 3.05) is 13.1 Å². The van der Waals surface area contributed by atoms with Crippen LogP contribution < -0.4 is 5.32 Å². The van der Waals surface area contributed by atoms with Crippen LogP contribution in [0.1, 0.15) is 38.7 Å². The first-order valence-electron chi connectivity index (χ1n) is 6.53. The van der Waals surface area contributed by atoms with Gasteiger partial charge in [-0.15, -0.1) is 0 Å². The summed E-state index contributed by atoms with van der Waals surface area (Å²) in [6.07, 6.45) is 5.08. The number of aryl methyl sites for hydroxylation is 1. The van der Waals surface area contributed by atoms with Crippen LogP contribution in [0.25, 0.3) is 0 Å². The Bertz CT molecular complexity index is 253. The third-order valence-electron chi connectivity index (χ3n) is 2.81. The normalized spacial score (nSPS) is 10.9. The molecule has 1 aromatic carbocycles. The van der Waals surface area contributed by atoms with Crippen molar-refractivity contribution in [3.8, 4) is 0 Å². The number of hydrogen-bond acceptors (Lipinski definition) is 1. The van der Waals surface area contributed by atoms with E-state index in [4.69, 9.17) is 0 Å². The zero-order chi connectivity index (χ0) is 11.6. The first kappa shape index (κ1) is 13.2. The lowest BCUT2D eigenvalue weighted by molar-refractivity contribution is 0.527. The minimum absolute atomic E-state index is 0.816. The summed E-state index contributed by atoms with van der Waals surface area (Å²) in [6.45, 7) is 6.89. The Morgan fingerprint density at radius 3 is 2.44 bits per heavy atom. The Balaban J connectivity index is 1.93. The number of unbranched alkanes of at least 4 members (excludes halogenated alkanes) is 1. The third-order valence-corrected chi connectivity index (χ3v) is 2.81. The molecule has 16 heavy (non-hydrogen) atoms.